The van der Waals surface area contributed by atoms with Gasteiger partial charge in [0.15, 0.2) is 5.75 Å². The third-order valence-corrected chi connectivity index (χ3v) is 1.27. The number of aromatic nitrogens is 1. The molecule has 0 fully saturated rings. The highest BCUT2D eigenvalue weighted by Gasteiger charge is 2.11. The van der Waals surface area contributed by atoms with Crippen molar-refractivity contribution in [3.63, 3.8) is 0 Å². The minimum atomic E-state index is -1.15. The number of rotatable bonds is 2. The third kappa shape index (κ3) is 2.26. The van der Waals surface area contributed by atoms with Crippen LogP contribution in [0.4, 0.5) is 0 Å². The number of carboxylic acids is 1. The molecule has 68 valence electrons. The molecule has 1 aromatic rings. The van der Waals surface area contributed by atoms with Crippen LogP contribution in [-0.4, -0.2) is 22.0 Å². The van der Waals surface area contributed by atoms with Crippen molar-refractivity contribution >= 4 is 11.9 Å². The van der Waals surface area contributed by atoms with Crippen molar-refractivity contribution in [1.82, 2.24) is 4.98 Å². The Morgan fingerprint density at radius 1 is 1.54 bits per heavy atom. The average molecular weight is 181 g/mol. The molecule has 0 spiro atoms. The van der Waals surface area contributed by atoms with E-state index in [4.69, 9.17) is 5.11 Å². The van der Waals surface area contributed by atoms with E-state index in [0.717, 1.165) is 0 Å². The SMILES string of the molecule is CC(=O)Oc1cnccc1C(=O)O. The van der Waals surface area contributed by atoms with E-state index in [2.05, 4.69) is 9.72 Å². The lowest BCUT2D eigenvalue weighted by Gasteiger charge is -2.02. The van der Waals surface area contributed by atoms with E-state index in [0.29, 0.717) is 0 Å². The molecule has 0 atom stereocenters. The topological polar surface area (TPSA) is 76.5 Å². The lowest BCUT2D eigenvalue weighted by molar-refractivity contribution is -0.131. The van der Waals surface area contributed by atoms with Crippen LogP contribution < -0.4 is 4.74 Å². The summed E-state index contributed by atoms with van der Waals surface area (Å²) in [4.78, 5) is 24.8. The molecule has 1 rings (SSSR count). The second kappa shape index (κ2) is 3.66. The summed E-state index contributed by atoms with van der Waals surface area (Å²) in [6.45, 7) is 1.19. The number of esters is 1. The molecule has 0 saturated carbocycles. The maximum absolute atomic E-state index is 10.6. The zero-order chi connectivity index (χ0) is 9.84. The molecule has 1 N–H and O–H groups in total. The van der Waals surface area contributed by atoms with Gasteiger partial charge in [-0.15, -0.1) is 0 Å². The molecule has 5 heteroatoms. The molecule has 0 saturated heterocycles. The van der Waals surface area contributed by atoms with Gasteiger partial charge in [-0.3, -0.25) is 9.78 Å². The molecule has 0 aliphatic heterocycles. The fourth-order valence-electron chi connectivity index (χ4n) is 0.793. The fourth-order valence-corrected chi connectivity index (χ4v) is 0.793. The standard InChI is InChI=1S/C8H7NO4/c1-5(10)13-7-4-9-3-2-6(7)8(11)12/h2-4H,1H3,(H,11,12). The lowest BCUT2D eigenvalue weighted by Crippen LogP contribution is -2.07. The smallest absolute Gasteiger partial charge is 0.339 e. The molecule has 0 amide bonds. The summed E-state index contributed by atoms with van der Waals surface area (Å²) in [6, 6.07) is 1.26. The van der Waals surface area contributed by atoms with Crippen LogP contribution in [0.15, 0.2) is 18.5 Å². The van der Waals surface area contributed by atoms with Gasteiger partial charge in [-0.05, 0) is 6.07 Å². The van der Waals surface area contributed by atoms with Crippen LogP contribution in [0.25, 0.3) is 0 Å². The molecule has 1 aromatic heterocycles. The summed E-state index contributed by atoms with van der Waals surface area (Å²) < 4.78 is 4.62. The molecule has 0 aliphatic carbocycles. The Labute approximate surface area is 74.0 Å². The van der Waals surface area contributed by atoms with Crippen molar-refractivity contribution < 1.29 is 19.4 Å². The van der Waals surface area contributed by atoms with E-state index in [-0.39, 0.29) is 11.3 Å². The Kier molecular flexibility index (Phi) is 2.59. The number of carbonyl (C=O) groups is 2. The summed E-state index contributed by atoms with van der Waals surface area (Å²) in [6.07, 6.45) is 2.50. The minimum Gasteiger partial charge on any atom is -0.478 e. The lowest BCUT2D eigenvalue weighted by atomic mass is 10.2. The van der Waals surface area contributed by atoms with Crippen molar-refractivity contribution in [2.75, 3.05) is 0 Å². The van der Waals surface area contributed by atoms with Gasteiger partial charge in [-0.1, -0.05) is 0 Å². The van der Waals surface area contributed by atoms with Crippen molar-refractivity contribution in [2.24, 2.45) is 0 Å². The molecular formula is C8H7NO4. The minimum absolute atomic E-state index is 0.0394. The van der Waals surface area contributed by atoms with Gasteiger partial charge in [0.25, 0.3) is 0 Å². The molecule has 0 aliphatic rings. The van der Waals surface area contributed by atoms with Crippen LogP contribution >= 0.6 is 0 Å². The Balaban J connectivity index is 3.04. The number of aromatic carboxylic acids is 1. The van der Waals surface area contributed by atoms with Gasteiger partial charge in [-0.25, -0.2) is 4.79 Å². The summed E-state index contributed by atoms with van der Waals surface area (Å²) in [5.41, 5.74) is -0.0785. The molecule has 0 radical (unpaired) electrons. The number of hydrogen-bond donors (Lipinski definition) is 1. The van der Waals surface area contributed by atoms with Gasteiger partial charge in [-0.2, -0.15) is 0 Å². The van der Waals surface area contributed by atoms with E-state index in [1.165, 1.54) is 25.4 Å². The zero-order valence-electron chi connectivity index (χ0n) is 6.85. The first-order valence-electron chi connectivity index (χ1n) is 3.47. The van der Waals surface area contributed by atoms with E-state index in [1.54, 1.807) is 0 Å². The van der Waals surface area contributed by atoms with E-state index in [1.807, 2.05) is 0 Å². The van der Waals surface area contributed by atoms with Gasteiger partial charge >= 0.3 is 11.9 Å². The fraction of sp³-hybridized carbons (Fsp3) is 0.125. The Bertz CT molecular complexity index is 348. The summed E-state index contributed by atoms with van der Waals surface area (Å²) in [5, 5.41) is 8.66. The van der Waals surface area contributed by atoms with E-state index in [9.17, 15) is 9.59 Å². The van der Waals surface area contributed by atoms with Crippen molar-refractivity contribution in [3.8, 4) is 5.75 Å². The van der Waals surface area contributed by atoms with Gasteiger partial charge in [0, 0.05) is 13.1 Å². The third-order valence-electron chi connectivity index (χ3n) is 1.27. The highest BCUT2D eigenvalue weighted by molar-refractivity contribution is 5.91. The Morgan fingerprint density at radius 3 is 2.77 bits per heavy atom. The largest absolute Gasteiger partial charge is 0.478 e. The molecule has 13 heavy (non-hydrogen) atoms. The normalized spacial score (nSPS) is 9.31. The van der Waals surface area contributed by atoms with Gasteiger partial charge < -0.3 is 9.84 Å². The molecule has 5 nitrogen and oxygen atoms in total. The van der Waals surface area contributed by atoms with E-state index >= 15 is 0 Å². The van der Waals surface area contributed by atoms with Crippen LogP contribution in [0.3, 0.4) is 0 Å². The van der Waals surface area contributed by atoms with Crippen LogP contribution in [0.5, 0.6) is 5.75 Å². The number of nitrogens with zero attached hydrogens (tertiary/aromatic N) is 1. The van der Waals surface area contributed by atoms with Crippen LogP contribution in [0.1, 0.15) is 17.3 Å². The predicted molar refractivity (Wildman–Crippen MR) is 42.5 cm³/mol. The zero-order valence-corrected chi connectivity index (χ0v) is 6.85. The van der Waals surface area contributed by atoms with Crippen LogP contribution in [0.2, 0.25) is 0 Å². The average Bonchev–Trinajstić information content (AvgIpc) is 2.03. The van der Waals surface area contributed by atoms with Gasteiger partial charge in [0.2, 0.25) is 0 Å². The maximum atomic E-state index is 10.6. The first-order valence-corrected chi connectivity index (χ1v) is 3.47. The molecule has 0 bridgehead atoms. The first-order chi connectivity index (χ1) is 6.11. The Morgan fingerprint density at radius 2 is 2.23 bits per heavy atom. The first kappa shape index (κ1) is 9.18. The quantitative estimate of drug-likeness (QED) is 0.679. The summed E-state index contributed by atoms with van der Waals surface area (Å²) in [7, 11) is 0. The van der Waals surface area contributed by atoms with Crippen molar-refractivity contribution in [2.45, 2.75) is 6.92 Å². The second-order valence-corrected chi connectivity index (χ2v) is 2.27. The predicted octanol–water partition coefficient (Wildman–Crippen LogP) is 0.705. The number of carbonyl (C=O) groups excluding carboxylic acids is 1. The van der Waals surface area contributed by atoms with Gasteiger partial charge in [0.05, 0.1) is 6.20 Å². The van der Waals surface area contributed by atoms with Gasteiger partial charge in [0.1, 0.15) is 5.56 Å². The Hall–Kier alpha value is -1.91. The summed E-state index contributed by atoms with van der Waals surface area (Å²) >= 11 is 0. The molecule has 0 aromatic carbocycles. The molecule has 1 heterocycles. The maximum Gasteiger partial charge on any atom is 0.339 e. The number of hydrogen-bond acceptors (Lipinski definition) is 4. The molecular weight excluding hydrogens is 174 g/mol. The highest BCUT2D eigenvalue weighted by atomic mass is 16.5. The van der Waals surface area contributed by atoms with Crippen LogP contribution in [0, 0.1) is 0 Å². The monoisotopic (exact) mass is 181 g/mol. The number of carboxylic acid groups (broad SMARTS) is 1. The highest BCUT2D eigenvalue weighted by Crippen LogP contribution is 2.15. The number of pyridine rings is 1. The van der Waals surface area contributed by atoms with E-state index < -0.39 is 11.9 Å². The second-order valence-electron chi connectivity index (χ2n) is 2.27. The van der Waals surface area contributed by atoms with Crippen molar-refractivity contribution in [1.29, 1.82) is 0 Å². The summed E-state index contributed by atoms with van der Waals surface area (Å²) in [5.74, 6) is -1.77. The number of ether oxygens (including phenoxy) is 1. The van der Waals surface area contributed by atoms with Crippen molar-refractivity contribution in [3.05, 3.63) is 24.0 Å². The van der Waals surface area contributed by atoms with Crippen LogP contribution in [-0.2, 0) is 4.79 Å². The molecule has 0 unspecified atom stereocenters.